The van der Waals surface area contributed by atoms with Crippen molar-refractivity contribution < 1.29 is 9.47 Å². The number of H-pyrrole nitrogens is 1. The Balaban J connectivity index is 1.89. The quantitative estimate of drug-likeness (QED) is 0.356. The van der Waals surface area contributed by atoms with Gasteiger partial charge in [-0.05, 0) is 43.7 Å². The second-order valence-corrected chi connectivity index (χ2v) is 7.69. The summed E-state index contributed by atoms with van der Waals surface area (Å²) in [7, 11) is 2.98. The number of aromatic amines is 1. The number of rotatable bonds is 4. The molecule has 1 N–H and O–H groups in total. The van der Waals surface area contributed by atoms with Gasteiger partial charge in [-0.3, -0.25) is 4.79 Å². The lowest BCUT2D eigenvalue weighted by Gasteiger charge is -2.09. The molecule has 2 aromatic heterocycles. The van der Waals surface area contributed by atoms with Gasteiger partial charge < -0.3 is 14.5 Å². The highest BCUT2D eigenvalue weighted by atomic mass is 35.5. The molecule has 160 valence electrons. The van der Waals surface area contributed by atoms with Crippen LogP contribution in [0.5, 0.6) is 11.5 Å². The Morgan fingerprint density at radius 2 is 1.81 bits per heavy atom. The molecule has 32 heavy (non-hydrogen) atoms. The summed E-state index contributed by atoms with van der Waals surface area (Å²) in [6, 6.07) is 11.2. The van der Waals surface area contributed by atoms with Gasteiger partial charge in [-0.2, -0.15) is 5.26 Å². The number of hydrogen-bond acceptors (Lipinski definition) is 6. The number of allylic oxidation sites excluding steroid dienone is 1. The minimum Gasteiger partial charge on any atom is -0.493 e. The third kappa shape index (κ3) is 3.77. The van der Waals surface area contributed by atoms with Crippen LogP contribution in [0.4, 0.5) is 0 Å². The Hall–Kier alpha value is -3.89. The molecule has 0 saturated carbocycles. The largest absolute Gasteiger partial charge is 0.493 e. The van der Waals surface area contributed by atoms with E-state index >= 15 is 0 Å². The number of nitrogens with zero attached hydrogens (tertiary/aromatic N) is 3. The molecular weight excluding hydrogens is 428 g/mol. The summed E-state index contributed by atoms with van der Waals surface area (Å²) in [4.78, 5) is 24.3. The van der Waals surface area contributed by atoms with Crippen LogP contribution in [-0.4, -0.2) is 29.2 Å². The van der Waals surface area contributed by atoms with Gasteiger partial charge in [-0.25, -0.2) is 9.97 Å². The Morgan fingerprint density at radius 3 is 2.50 bits per heavy atom. The van der Waals surface area contributed by atoms with Crippen LogP contribution >= 0.6 is 11.6 Å². The van der Waals surface area contributed by atoms with Crippen molar-refractivity contribution in [2.24, 2.45) is 0 Å². The maximum atomic E-state index is 12.7. The van der Waals surface area contributed by atoms with E-state index in [1.807, 2.05) is 32.0 Å². The summed E-state index contributed by atoms with van der Waals surface area (Å²) in [5.41, 5.74) is 3.58. The predicted octanol–water partition coefficient (Wildman–Crippen LogP) is 4.82. The number of pyridine rings is 1. The number of aryl methyl sites for hydroxylation is 2. The second kappa shape index (κ2) is 8.33. The number of halogens is 1. The van der Waals surface area contributed by atoms with E-state index in [1.165, 1.54) is 14.2 Å². The summed E-state index contributed by atoms with van der Waals surface area (Å²) < 4.78 is 10.6. The average molecular weight is 447 g/mol. The SMILES string of the molecule is COc1cc2nc(/C(C#N)=C/c3cc4cc(C)cc(C)c4nc3Cl)[nH]c(=O)c2cc1OC. The van der Waals surface area contributed by atoms with E-state index in [2.05, 4.69) is 21.0 Å². The number of fused-ring (bicyclic) bond motifs is 2. The van der Waals surface area contributed by atoms with Gasteiger partial charge in [0.2, 0.25) is 0 Å². The van der Waals surface area contributed by atoms with Crippen LogP contribution in [0.2, 0.25) is 5.15 Å². The van der Waals surface area contributed by atoms with E-state index in [9.17, 15) is 10.1 Å². The zero-order valence-corrected chi connectivity index (χ0v) is 18.7. The van der Waals surface area contributed by atoms with Crippen molar-refractivity contribution in [3.05, 3.63) is 68.4 Å². The molecule has 0 aliphatic rings. The Labute approximate surface area is 188 Å². The molecule has 0 unspecified atom stereocenters. The molecule has 7 nitrogen and oxygen atoms in total. The molecule has 0 bridgehead atoms. The zero-order chi connectivity index (χ0) is 23.0. The third-order valence-corrected chi connectivity index (χ3v) is 5.42. The zero-order valence-electron chi connectivity index (χ0n) is 17.9. The fourth-order valence-corrected chi connectivity index (χ4v) is 3.84. The highest BCUT2D eigenvalue weighted by Gasteiger charge is 2.14. The fraction of sp³-hybridized carbons (Fsp3) is 0.167. The maximum Gasteiger partial charge on any atom is 0.259 e. The summed E-state index contributed by atoms with van der Waals surface area (Å²) in [5, 5.41) is 11.3. The van der Waals surface area contributed by atoms with Crippen molar-refractivity contribution >= 4 is 45.1 Å². The molecule has 0 amide bonds. The lowest BCUT2D eigenvalue weighted by atomic mass is 10.0. The second-order valence-electron chi connectivity index (χ2n) is 7.33. The van der Waals surface area contributed by atoms with Crippen molar-refractivity contribution in [2.75, 3.05) is 14.2 Å². The van der Waals surface area contributed by atoms with Crippen molar-refractivity contribution in [2.45, 2.75) is 13.8 Å². The Bertz CT molecular complexity index is 1520. The van der Waals surface area contributed by atoms with Crippen LogP contribution in [0.15, 0.2) is 35.1 Å². The number of aromatic nitrogens is 3. The van der Waals surface area contributed by atoms with Crippen LogP contribution in [0.1, 0.15) is 22.5 Å². The molecule has 0 saturated heterocycles. The molecule has 4 rings (SSSR count). The highest BCUT2D eigenvalue weighted by molar-refractivity contribution is 6.31. The number of methoxy groups -OCH3 is 2. The molecule has 0 aliphatic heterocycles. The van der Waals surface area contributed by atoms with Gasteiger partial charge in [0.25, 0.3) is 5.56 Å². The minimum atomic E-state index is -0.402. The van der Waals surface area contributed by atoms with Crippen molar-refractivity contribution in [3.63, 3.8) is 0 Å². The summed E-state index contributed by atoms with van der Waals surface area (Å²) in [5.74, 6) is 0.962. The number of ether oxygens (including phenoxy) is 2. The van der Waals surface area contributed by atoms with E-state index in [0.29, 0.717) is 28.0 Å². The monoisotopic (exact) mass is 446 g/mol. The molecule has 0 spiro atoms. The fourth-order valence-electron chi connectivity index (χ4n) is 3.65. The van der Waals surface area contributed by atoms with Gasteiger partial charge in [0, 0.05) is 17.0 Å². The molecule has 0 atom stereocenters. The standard InChI is InChI=1S/C24H19ClN4O3/c1-12-5-13(2)21-14(6-12)7-15(22(25)28-21)8-16(11-26)23-27-18-10-20(32-4)19(31-3)9-17(18)24(30)29-23/h5-10H,1-4H3,(H,27,29,30)/b16-8+. The van der Waals surface area contributed by atoms with Gasteiger partial charge in [-0.15, -0.1) is 0 Å². The Kier molecular flexibility index (Phi) is 5.56. The number of nitrogens with one attached hydrogen (secondary N) is 1. The maximum absolute atomic E-state index is 12.7. The van der Waals surface area contributed by atoms with Gasteiger partial charge in [0.1, 0.15) is 11.2 Å². The van der Waals surface area contributed by atoms with E-state index in [0.717, 1.165) is 22.0 Å². The summed E-state index contributed by atoms with van der Waals surface area (Å²) in [6.07, 6.45) is 1.57. The van der Waals surface area contributed by atoms with Crippen LogP contribution in [0.25, 0.3) is 33.5 Å². The van der Waals surface area contributed by atoms with Crippen LogP contribution in [0, 0.1) is 25.2 Å². The van der Waals surface area contributed by atoms with Gasteiger partial charge in [0.15, 0.2) is 17.3 Å². The van der Waals surface area contributed by atoms with Crippen molar-refractivity contribution in [3.8, 4) is 17.6 Å². The van der Waals surface area contributed by atoms with Gasteiger partial charge in [0.05, 0.1) is 36.2 Å². The third-order valence-electron chi connectivity index (χ3n) is 5.12. The van der Waals surface area contributed by atoms with Crippen molar-refractivity contribution in [1.29, 1.82) is 5.26 Å². The van der Waals surface area contributed by atoms with Crippen molar-refractivity contribution in [1.82, 2.24) is 15.0 Å². The molecular formula is C24H19ClN4O3. The number of benzene rings is 2. The predicted molar refractivity (Wildman–Crippen MR) is 125 cm³/mol. The normalized spacial score (nSPS) is 11.6. The lowest BCUT2D eigenvalue weighted by molar-refractivity contribution is 0.355. The van der Waals surface area contributed by atoms with Crippen LogP contribution in [0.3, 0.4) is 0 Å². The smallest absolute Gasteiger partial charge is 0.259 e. The first-order valence-electron chi connectivity index (χ1n) is 9.70. The van der Waals surface area contributed by atoms with Gasteiger partial charge >= 0.3 is 0 Å². The topological polar surface area (TPSA) is 101 Å². The first kappa shape index (κ1) is 21.3. The molecule has 4 aromatic rings. The number of nitriles is 1. The molecule has 0 radical (unpaired) electrons. The molecule has 8 heteroatoms. The minimum absolute atomic E-state index is 0.119. The summed E-state index contributed by atoms with van der Waals surface area (Å²) in [6.45, 7) is 3.98. The van der Waals surface area contributed by atoms with E-state index < -0.39 is 5.56 Å². The van der Waals surface area contributed by atoms with E-state index in [1.54, 1.807) is 18.2 Å². The lowest BCUT2D eigenvalue weighted by Crippen LogP contribution is -2.11. The first-order valence-corrected chi connectivity index (χ1v) is 10.1. The van der Waals surface area contributed by atoms with Crippen LogP contribution < -0.4 is 15.0 Å². The van der Waals surface area contributed by atoms with E-state index in [4.69, 9.17) is 21.1 Å². The molecule has 2 aromatic carbocycles. The summed E-state index contributed by atoms with van der Waals surface area (Å²) >= 11 is 6.41. The van der Waals surface area contributed by atoms with Gasteiger partial charge in [-0.1, -0.05) is 23.2 Å². The Morgan fingerprint density at radius 1 is 1.09 bits per heavy atom. The van der Waals surface area contributed by atoms with E-state index in [-0.39, 0.29) is 16.6 Å². The average Bonchev–Trinajstić information content (AvgIpc) is 2.77. The highest BCUT2D eigenvalue weighted by Crippen LogP contribution is 2.31. The molecule has 0 fully saturated rings. The number of hydrogen-bond donors (Lipinski definition) is 1. The van der Waals surface area contributed by atoms with Crippen LogP contribution in [-0.2, 0) is 0 Å². The molecule has 2 heterocycles. The first-order chi connectivity index (χ1) is 15.3. The molecule has 0 aliphatic carbocycles.